The van der Waals surface area contributed by atoms with Crippen LogP contribution in [0.3, 0.4) is 0 Å². The van der Waals surface area contributed by atoms with Crippen LogP contribution in [0.5, 0.6) is 11.6 Å². The Labute approximate surface area is 216 Å². The lowest BCUT2D eigenvalue weighted by Gasteiger charge is -2.28. The van der Waals surface area contributed by atoms with Crippen LogP contribution in [0.4, 0.5) is 5.82 Å². The summed E-state index contributed by atoms with van der Waals surface area (Å²) in [6, 6.07) is 12.1. The molecule has 0 radical (unpaired) electrons. The van der Waals surface area contributed by atoms with Gasteiger partial charge in [0.2, 0.25) is 5.88 Å². The predicted octanol–water partition coefficient (Wildman–Crippen LogP) is 3.72. The highest BCUT2D eigenvalue weighted by molar-refractivity contribution is 5.68. The first kappa shape index (κ1) is 25.1. The van der Waals surface area contributed by atoms with Crippen molar-refractivity contribution in [3.8, 4) is 11.6 Å². The molecule has 0 aliphatic carbocycles. The summed E-state index contributed by atoms with van der Waals surface area (Å²) in [5.41, 5.74) is 5.06. The van der Waals surface area contributed by atoms with Crippen molar-refractivity contribution in [1.29, 1.82) is 0 Å². The monoisotopic (exact) mass is 506 g/mol. The number of rotatable bonds is 11. The molecule has 1 aromatic carbocycles. The van der Waals surface area contributed by atoms with E-state index in [2.05, 4.69) is 28.6 Å². The number of hydrogen-bond acceptors (Lipinski definition) is 7. The van der Waals surface area contributed by atoms with Crippen LogP contribution in [-0.2, 0) is 35.8 Å². The summed E-state index contributed by atoms with van der Waals surface area (Å²) < 4.78 is 18.7. The number of carboxylic acid groups (broad SMARTS) is 1. The molecule has 1 atom stereocenters. The molecule has 2 aliphatic rings. The Morgan fingerprint density at radius 3 is 2.86 bits per heavy atom. The van der Waals surface area contributed by atoms with E-state index in [0.717, 1.165) is 47.7 Å². The quantitative estimate of drug-likeness (QED) is 0.405. The molecule has 0 amide bonds. The van der Waals surface area contributed by atoms with Crippen LogP contribution in [-0.4, -0.2) is 59.3 Å². The van der Waals surface area contributed by atoms with Crippen LogP contribution >= 0.6 is 0 Å². The largest absolute Gasteiger partial charge is 0.496 e. The molecule has 2 aliphatic heterocycles. The fourth-order valence-corrected chi connectivity index (χ4v) is 5.02. The number of nitrogens with zero attached hydrogens (tertiary/aromatic N) is 3. The Hall–Kier alpha value is -3.59. The molecule has 9 nitrogen and oxygen atoms in total. The zero-order valence-corrected chi connectivity index (χ0v) is 21.4. The summed E-state index contributed by atoms with van der Waals surface area (Å²) in [5.74, 6) is 1.51. The molecular weight excluding hydrogens is 472 g/mol. The maximum absolute atomic E-state index is 11.8. The van der Waals surface area contributed by atoms with Gasteiger partial charge in [0, 0.05) is 43.6 Å². The standard InChI is InChI=1S/C28H34N4O5/c1-32-26(37-11-9-22-7-5-18-4-3-10-29-28(18)30-22)15-23(31-32)12-20(14-27(33)34)24-13-19(21-16-36-17-21)6-8-25(24)35-2/h5-8,13,15,20-21H,3-4,9-12,14,16-17H2,1-2H3,(H,29,30)(H,33,34). The third-order valence-electron chi connectivity index (χ3n) is 7.13. The van der Waals surface area contributed by atoms with Crippen LogP contribution in [0.15, 0.2) is 36.4 Å². The lowest BCUT2D eigenvalue weighted by Crippen LogP contribution is -2.25. The number of carboxylic acids is 1. The van der Waals surface area contributed by atoms with Crippen LogP contribution in [0.25, 0.3) is 0 Å². The number of pyridine rings is 1. The van der Waals surface area contributed by atoms with Crippen molar-refractivity contribution in [3.05, 3.63) is 64.5 Å². The molecule has 196 valence electrons. The van der Waals surface area contributed by atoms with Gasteiger partial charge in [-0.25, -0.2) is 9.67 Å². The van der Waals surface area contributed by atoms with E-state index in [1.165, 1.54) is 5.56 Å². The average molecular weight is 507 g/mol. The van der Waals surface area contributed by atoms with Gasteiger partial charge in [-0.1, -0.05) is 18.2 Å². The van der Waals surface area contributed by atoms with Crippen molar-refractivity contribution in [1.82, 2.24) is 14.8 Å². The van der Waals surface area contributed by atoms with Gasteiger partial charge in [0.25, 0.3) is 0 Å². The first-order valence-corrected chi connectivity index (χ1v) is 12.9. The second-order valence-electron chi connectivity index (χ2n) is 9.77. The molecule has 4 heterocycles. The van der Waals surface area contributed by atoms with E-state index in [9.17, 15) is 9.90 Å². The van der Waals surface area contributed by atoms with E-state index in [1.54, 1.807) is 11.8 Å². The zero-order valence-electron chi connectivity index (χ0n) is 21.4. The normalized spacial score (nSPS) is 15.8. The molecule has 1 saturated heterocycles. The minimum absolute atomic E-state index is 0.0220. The number of ether oxygens (including phenoxy) is 3. The number of benzene rings is 1. The molecule has 37 heavy (non-hydrogen) atoms. The topological polar surface area (TPSA) is 108 Å². The Morgan fingerprint density at radius 1 is 1.24 bits per heavy atom. The van der Waals surface area contributed by atoms with E-state index >= 15 is 0 Å². The SMILES string of the molecule is COc1ccc(C2COC2)cc1C(CC(=O)O)Cc1cc(OCCc2ccc3c(n2)NCCC3)n(C)n1. The average Bonchev–Trinajstić information content (AvgIpc) is 3.20. The number of aromatic nitrogens is 3. The lowest BCUT2D eigenvalue weighted by molar-refractivity contribution is -0.137. The van der Waals surface area contributed by atoms with E-state index in [0.29, 0.717) is 50.2 Å². The van der Waals surface area contributed by atoms with E-state index in [1.807, 2.05) is 25.2 Å². The third kappa shape index (κ3) is 5.88. The molecule has 0 spiro atoms. The summed E-state index contributed by atoms with van der Waals surface area (Å²) in [6.07, 6.45) is 3.33. The minimum Gasteiger partial charge on any atom is -0.496 e. The Kier molecular flexibility index (Phi) is 7.60. The fourth-order valence-electron chi connectivity index (χ4n) is 5.02. The number of carbonyl (C=O) groups is 1. The predicted molar refractivity (Wildman–Crippen MR) is 139 cm³/mol. The Morgan fingerprint density at radius 2 is 2.11 bits per heavy atom. The van der Waals surface area contributed by atoms with Crippen LogP contribution in [0.2, 0.25) is 0 Å². The van der Waals surface area contributed by atoms with Gasteiger partial charge in [-0.2, -0.15) is 5.10 Å². The smallest absolute Gasteiger partial charge is 0.303 e. The van der Waals surface area contributed by atoms with Gasteiger partial charge >= 0.3 is 5.97 Å². The number of anilines is 1. The maximum Gasteiger partial charge on any atom is 0.303 e. The van der Waals surface area contributed by atoms with Crippen molar-refractivity contribution in [2.24, 2.45) is 7.05 Å². The molecule has 0 saturated carbocycles. The number of methoxy groups -OCH3 is 1. The molecule has 5 rings (SSSR count). The molecule has 2 N–H and O–H groups in total. The van der Waals surface area contributed by atoms with Crippen molar-refractivity contribution in [2.45, 2.75) is 43.9 Å². The van der Waals surface area contributed by atoms with Gasteiger partial charge in [-0.05, 0) is 48.1 Å². The van der Waals surface area contributed by atoms with Gasteiger partial charge < -0.3 is 24.6 Å². The Balaban J connectivity index is 1.27. The second kappa shape index (κ2) is 11.2. The maximum atomic E-state index is 11.8. The number of aryl methyl sites for hydroxylation is 2. The molecule has 3 aromatic rings. The van der Waals surface area contributed by atoms with Crippen LogP contribution in [0.1, 0.15) is 52.8 Å². The number of fused-ring (bicyclic) bond motifs is 1. The molecule has 9 heteroatoms. The second-order valence-corrected chi connectivity index (χ2v) is 9.77. The van der Waals surface area contributed by atoms with Crippen LogP contribution in [0, 0.1) is 0 Å². The number of nitrogens with one attached hydrogen (secondary N) is 1. The zero-order chi connectivity index (χ0) is 25.8. The van der Waals surface area contributed by atoms with Gasteiger partial charge in [0.15, 0.2) is 0 Å². The highest BCUT2D eigenvalue weighted by atomic mass is 16.5. The fraction of sp³-hybridized carbons (Fsp3) is 0.464. The summed E-state index contributed by atoms with van der Waals surface area (Å²) in [6.45, 7) is 2.82. The molecule has 2 aromatic heterocycles. The first-order chi connectivity index (χ1) is 18.0. The Bertz CT molecular complexity index is 1250. The van der Waals surface area contributed by atoms with E-state index in [4.69, 9.17) is 19.2 Å². The molecule has 0 bridgehead atoms. The van der Waals surface area contributed by atoms with Crippen molar-refractivity contribution in [3.63, 3.8) is 0 Å². The van der Waals surface area contributed by atoms with E-state index < -0.39 is 5.97 Å². The highest BCUT2D eigenvalue weighted by Gasteiger charge is 2.26. The molecular formula is C28H34N4O5. The van der Waals surface area contributed by atoms with Gasteiger partial charge in [-0.3, -0.25) is 4.79 Å². The first-order valence-electron chi connectivity index (χ1n) is 12.9. The van der Waals surface area contributed by atoms with Gasteiger partial charge in [0.05, 0.1) is 39.0 Å². The summed E-state index contributed by atoms with van der Waals surface area (Å²) in [4.78, 5) is 16.5. The van der Waals surface area contributed by atoms with Gasteiger partial charge in [0.1, 0.15) is 11.6 Å². The summed E-state index contributed by atoms with van der Waals surface area (Å²) in [5, 5.41) is 17.6. The number of hydrogen-bond donors (Lipinski definition) is 2. The van der Waals surface area contributed by atoms with Crippen molar-refractivity contribution in [2.75, 3.05) is 38.8 Å². The summed E-state index contributed by atoms with van der Waals surface area (Å²) in [7, 11) is 3.45. The van der Waals surface area contributed by atoms with E-state index in [-0.39, 0.29) is 12.3 Å². The minimum atomic E-state index is -0.858. The molecule has 1 unspecified atom stereocenters. The lowest BCUT2D eigenvalue weighted by atomic mass is 9.86. The van der Waals surface area contributed by atoms with Gasteiger partial charge in [-0.15, -0.1) is 0 Å². The van der Waals surface area contributed by atoms with Crippen molar-refractivity contribution < 1.29 is 24.1 Å². The molecule has 1 fully saturated rings. The summed E-state index contributed by atoms with van der Waals surface area (Å²) >= 11 is 0. The highest BCUT2D eigenvalue weighted by Crippen LogP contribution is 2.36. The number of aliphatic carboxylic acids is 1. The third-order valence-corrected chi connectivity index (χ3v) is 7.13. The van der Waals surface area contributed by atoms with Crippen molar-refractivity contribution >= 4 is 11.8 Å². The van der Waals surface area contributed by atoms with Crippen LogP contribution < -0.4 is 14.8 Å².